The van der Waals surface area contributed by atoms with Gasteiger partial charge in [0.1, 0.15) is 13.2 Å². The summed E-state index contributed by atoms with van der Waals surface area (Å²) in [5.74, 6) is -0.904. The van der Waals surface area contributed by atoms with Crippen LogP contribution in [0.4, 0.5) is 0 Å². The van der Waals surface area contributed by atoms with E-state index < -0.39 is 6.10 Å². The Balaban J connectivity index is 4.19. The predicted octanol–water partition coefficient (Wildman–Crippen LogP) is 23.0. The minimum Gasteiger partial charge on any atom is -0.462 e. The molecule has 79 heavy (non-hydrogen) atoms. The molecule has 0 fully saturated rings. The number of ether oxygens (including phenoxy) is 3. The van der Waals surface area contributed by atoms with Gasteiger partial charge in [0, 0.05) is 19.3 Å². The first kappa shape index (κ1) is 75.1. The Bertz CT molecular complexity index is 1590. The van der Waals surface area contributed by atoms with E-state index in [1.165, 1.54) is 154 Å². The predicted molar refractivity (Wildman–Crippen MR) is 343 cm³/mol. The number of hydrogen-bond donors (Lipinski definition) is 0. The van der Waals surface area contributed by atoms with Gasteiger partial charge in [0.25, 0.3) is 0 Å². The van der Waals surface area contributed by atoms with Crippen LogP contribution in [-0.4, -0.2) is 37.2 Å². The van der Waals surface area contributed by atoms with Crippen molar-refractivity contribution in [2.75, 3.05) is 13.2 Å². The molecule has 1 unspecified atom stereocenters. The molecule has 452 valence electrons. The standard InChI is InChI=1S/C73H124O6/c1-4-7-10-13-16-19-22-25-27-28-29-30-31-32-33-34-35-36-37-38-39-40-41-42-43-44-46-48-51-54-57-60-63-66-72(75)78-69-70(68-77-71(74)65-62-59-56-53-50-47-24-21-18-15-12-9-6-3)79-73(76)67-64-61-58-55-52-49-45-26-23-20-17-14-11-8-5-2/h7,9-10,12,16,18-19,21,25,27,29-30,32-33,35-36,47,50,70H,4-6,8,11,13-15,17,20,22-24,26,28,31,34,37-46,48-49,51-69H2,1-3H3/b10-7-,12-9-,19-16-,21-18-,27-25-,30-29-,33-32-,36-35-,50-47-. The van der Waals surface area contributed by atoms with E-state index in [4.69, 9.17) is 14.2 Å². The molecule has 1 atom stereocenters. The molecule has 0 N–H and O–H groups in total. The van der Waals surface area contributed by atoms with Crippen molar-refractivity contribution in [2.45, 2.75) is 322 Å². The molecule has 0 saturated heterocycles. The molecule has 0 saturated carbocycles. The number of allylic oxidation sites excluding steroid dienone is 18. The molecule has 6 nitrogen and oxygen atoms in total. The summed E-state index contributed by atoms with van der Waals surface area (Å²) in [5, 5.41) is 0. The Morgan fingerprint density at radius 1 is 0.266 bits per heavy atom. The summed E-state index contributed by atoms with van der Waals surface area (Å²) in [6.07, 6.45) is 91.1. The van der Waals surface area contributed by atoms with E-state index in [1.54, 1.807) is 0 Å². The van der Waals surface area contributed by atoms with E-state index in [2.05, 4.69) is 130 Å². The van der Waals surface area contributed by atoms with Crippen LogP contribution in [0.1, 0.15) is 316 Å². The minimum absolute atomic E-state index is 0.0846. The van der Waals surface area contributed by atoms with Gasteiger partial charge in [-0.15, -0.1) is 0 Å². The van der Waals surface area contributed by atoms with Crippen LogP contribution >= 0.6 is 0 Å². The molecule has 0 aliphatic rings. The highest BCUT2D eigenvalue weighted by molar-refractivity contribution is 5.71. The van der Waals surface area contributed by atoms with Crippen molar-refractivity contribution in [3.63, 3.8) is 0 Å². The third-order valence-corrected chi connectivity index (χ3v) is 14.3. The zero-order chi connectivity index (χ0) is 57.1. The summed E-state index contributed by atoms with van der Waals surface area (Å²) in [5.41, 5.74) is 0. The number of rotatable bonds is 60. The van der Waals surface area contributed by atoms with Crippen molar-refractivity contribution in [2.24, 2.45) is 0 Å². The highest BCUT2D eigenvalue weighted by atomic mass is 16.6. The molecule has 0 aromatic carbocycles. The maximum Gasteiger partial charge on any atom is 0.306 e. The molecule has 0 radical (unpaired) electrons. The number of unbranched alkanes of at least 4 members (excludes halogenated alkanes) is 31. The van der Waals surface area contributed by atoms with E-state index in [1.807, 2.05) is 0 Å². The highest BCUT2D eigenvalue weighted by Crippen LogP contribution is 2.17. The fourth-order valence-corrected chi connectivity index (χ4v) is 9.35. The average Bonchev–Trinajstić information content (AvgIpc) is 3.45. The Morgan fingerprint density at radius 2 is 0.494 bits per heavy atom. The lowest BCUT2D eigenvalue weighted by atomic mass is 10.0. The highest BCUT2D eigenvalue weighted by Gasteiger charge is 2.19. The molecular formula is C73H124O6. The summed E-state index contributed by atoms with van der Waals surface area (Å²) < 4.78 is 16.9. The van der Waals surface area contributed by atoms with Gasteiger partial charge < -0.3 is 14.2 Å². The van der Waals surface area contributed by atoms with Crippen molar-refractivity contribution in [3.8, 4) is 0 Å². The molecule has 0 aromatic heterocycles. The molecule has 0 spiro atoms. The topological polar surface area (TPSA) is 78.9 Å². The first-order chi connectivity index (χ1) is 39.0. The lowest BCUT2D eigenvalue weighted by Gasteiger charge is -2.18. The van der Waals surface area contributed by atoms with Gasteiger partial charge in [-0.05, 0) is 103 Å². The van der Waals surface area contributed by atoms with Gasteiger partial charge in [-0.1, -0.05) is 304 Å². The van der Waals surface area contributed by atoms with Gasteiger partial charge in [0.2, 0.25) is 0 Å². The number of carbonyl (C=O) groups excluding carboxylic acids is 3. The molecule has 0 aliphatic carbocycles. The van der Waals surface area contributed by atoms with Crippen molar-refractivity contribution in [3.05, 3.63) is 109 Å². The second-order valence-electron chi connectivity index (χ2n) is 22.0. The summed E-state index contributed by atoms with van der Waals surface area (Å²) in [7, 11) is 0. The Morgan fingerprint density at radius 3 is 0.785 bits per heavy atom. The molecule has 0 aliphatic heterocycles. The molecule has 0 amide bonds. The second-order valence-corrected chi connectivity index (χ2v) is 22.0. The van der Waals surface area contributed by atoms with Crippen LogP contribution < -0.4 is 0 Å². The molecule has 0 heterocycles. The molecule has 0 aromatic rings. The second kappa shape index (κ2) is 66.6. The summed E-state index contributed by atoms with van der Waals surface area (Å²) in [6.45, 7) is 6.41. The summed E-state index contributed by atoms with van der Waals surface area (Å²) >= 11 is 0. The van der Waals surface area contributed by atoms with Crippen molar-refractivity contribution in [1.29, 1.82) is 0 Å². The molecular weight excluding hydrogens is 973 g/mol. The molecule has 6 heteroatoms. The largest absolute Gasteiger partial charge is 0.462 e. The van der Waals surface area contributed by atoms with Gasteiger partial charge >= 0.3 is 17.9 Å². The first-order valence-corrected chi connectivity index (χ1v) is 33.4. The van der Waals surface area contributed by atoms with Crippen LogP contribution in [-0.2, 0) is 28.6 Å². The maximum atomic E-state index is 12.9. The first-order valence-electron chi connectivity index (χ1n) is 33.4. The average molecular weight is 1100 g/mol. The molecule has 0 bridgehead atoms. The van der Waals surface area contributed by atoms with E-state index in [9.17, 15) is 14.4 Å². The zero-order valence-corrected chi connectivity index (χ0v) is 51.9. The van der Waals surface area contributed by atoms with Crippen molar-refractivity contribution in [1.82, 2.24) is 0 Å². The van der Waals surface area contributed by atoms with Gasteiger partial charge in [-0.2, -0.15) is 0 Å². The summed E-state index contributed by atoms with van der Waals surface area (Å²) in [6, 6.07) is 0. The quantitative estimate of drug-likeness (QED) is 0.0261. The summed E-state index contributed by atoms with van der Waals surface area (Å²) in [4.78, 5) is 38.3. The Kier molecular flexibility index (Phi) is 63.3. The Labute approximate surface area is 489 Å². The van der Waals surface area contributed by atoms with Gasteiger partial charge in [-0.3, -0.25) is 14.4 Å². The van der Waals surface area contributed by atoms with Crippen molar-refractivity contribution >= 4 is 17.9 Å². The van der Waals surface area contributed by atoms with E-state index >= 15 is 0 Å². The van der Waals surface area contributed by atoms with Crippen LogP contribution in [0, 0.1) is 0 Å². The number of esters is 3. The van der Waals surface area contributed by atoms with Crippen LogP contribution in [0.3, 0.4) is 0 Å². The van der Waals surface area contributed by atoms with E-state index in [0.717, 1.165) is 122 Å². The lowest BCUT2D eigenvalue weighted by Crippen LogP contribution is -2.30. The fraction of sp³-hybridized carbons (Fsp3) is 0.712. The maximum absolute atomic E-state index is 12.9. The van der Waals surface area contributed by atoms with Gasteiger partial charge in [0.15, 0.2) is 6.10 Å². The zero-order valence-electron chi connectivity index (χ0n) is 51.9. The smallest absolute Gasteiger partial charge is 0.306 e. The van der Waals surface area contributed by atoms with Crippen LogP contribution in [0.5, 0.6) is 0 Å². The fourth-order valence-electron chi connectivity index (χ4n) is 9.35. The van der Waals surface area contributed by atoms with Gasteiger partial charge in [-0.25, -0.2) is 0 Å². The monoisotopic (exact) mass is 1100 g/mol. The van der Waals surface area contributed by atoms with Crippen LogP contribution in [0.25, 0.3) is 0 Å². The molecule has 0 rings (SSSR count). The minimum atomic E-state index is -0.789. The van der Waals surface area contributed by atoms with Crippen LogP contribution in [0.15, 0.2) is 109 Å². The Hall–Kier alpha value is -3.93. The van der Waals surface area contributed by atoms with Crippen molar-refractivity contribution < 1.29 is 28.6 Å². The third-order valence-electron chi connectivity index (χ3n) is 14.3. The lowest BCUT2D eigenvalue weighted by molar-refractivity contribution is -0.167. The third kappa shape index (κ3) is 64.8. The van der Waals surface area contributed by atoms with E-state index in [0.29, 0.717) is 19.3 Å². The SMILES string of the molecule is CC/C=C\C/C=C\C/C=C\C/C=C\C/C=C\C/C=C\CCCCCCCCCCCCCCCCC(=O)OCC(COC(=O)CCCCC/C=C\C/C=C\C/C=C\CC)OC(=O)CCCCCCCCCCCCCCCCC. The van der Waals surface area contributed by atoms with Gasteiger partial charge in [0.05, 0.1) is 0 Å². The normalized spacial score (nSPS) is 12.8. The number of carbonyl (C=O) groups is 3. The van der Waals surface area contributed by atoms with E-state index in [-0.39, 0.29) is 31.1 Å². The van der Waals surface area contributed by atoms with Crippen LogP contribution in [0.2, 0.25) is 0 Å². The number of hydrogen-bond acceptors (Lipinski definition) is 6.